The van der Waals surface area contributed by atoms with Crippen LogP contribution >= 0.6 is 0 Å². The van der Waals surface area contributed by atoms with Crippen LogP contribution in [0.2, 0.25) is 0 Å². The summed E-state index contributed by atoms with van der Waals surface area (Å²) in [7, 11) is 0. The molecule has 1 aliphatic rings. The van der Waals surface area contributed by atoms with Gasteiger partial charge in [-0.05, 0) is 25.3 Å². The molecule has 1 unspecified atom stereocenters. The van der Waals surface area contributed by atoms with E-state index in [9.17, 15) is 5.11 Å². The molecule has 21 heavy (non-hydrogen) atoms. The van der Waals surface area contributed by atoms with Gasteiger partial charge in [-0.2, -0.15) is 0 Å². The minimum atomic E-state index is -0.423. The third kappa shape index (κ3) is 4.61. The van der Waals surface area contributed by atoms with Crippen molar-refractivity contribution in [1.82, 2.24) is 0 Å². The third-order valence-corrected chi connectivity index (χ3v) is 4.08. The maximum atomic E-state index is 10.2. The maximum Gasteiger partial charge on any atom is 0.165 e. The Morgan fingerprint density at radius 1 is 1.29 bits per heavy atom. The predicted molar refractivity (Wildman–Crippen MR) is 83.6 cm³/mol. The molecule has 0 aliphatic heterocycles. The second-order valence-electron chi connectivity index (χ2n) is 5.73. The highest BCUT2D eigenvalue weighted by molar-refractivity contribution is 5.46. The van der Waals surface area contributed by atoms with E-state index in [0.717, 1.165) is 12.0 Å². The first-order valence-electron chi connectivity index (χ1n) is 8.00. The summed E-state index contributed by atoms with van der Waals surface area (Å²) < 4.78 is 11.4. The predicted octanol–water partition coefficient (Wildman–Crippen LogP) is 2.86. The Morgan fingerprint density at radius 3 is 2.71 bits per heavy atom. The average molecular weight is 293 g/mol. The van der Waals surface area contributed by atoms with E-state index in [2.05, 4.69) is 0 Å². The van der Waals surface area contributed by atoms with Gasteiger partial charge in [0.25, 0.3) is 0 Å². The van der Waals surface area contributed by atoms with Crippen molar-refractivity contribution in [2.75, 3.05) is 13.2 Å². The van der Waals surface area contributed by atoms with Crippen LogP contribution < -0.4 is 15.2 Å². The Morgan fingerprint density at radius 2 is 2.05 bits per heavy atom. The summed E-state index contributed by atoms with van der Waals surface area (Å²) in [4.78, 5) is 0. The Kier molecular flexibility index (Phi) is 6.33. The summed E-state index contributed by atoms with van der Waals surface area (Å²) in [5.41, 5.74) is 6.67. The molecule has 2 rings (SSSR count). The van der Waals surface area contributed by atoms with Gasteiger partial charge in [-0.1, -0.05) is 37.8 Å². The van der Waals surface area contributed by atoms with Crippen molar-refractivity contribution in [3.63, 3.8) is 0 Å². The van der Waals surface area contributed by atoms with E-state index in [0.29, 0.717) is 37.2 Å². The first kappa shape index (κ1) is 16.1. The summed E-state index contributed by atoms with van der Waals surface area (Å²) in [5.74, 6) is 2.03. The van der Waals surface area contributed by atoms with E-state index in [1.54, 1.807) is 0 Å². The highest BCUT2D eigenvalue weighted by atomic mass is 16.5. The second-order valence-corrected chi connectivity index (χ2v) is 5.73. The van der Waals surface area contributed by atoms with Crippen molar-refractivity contribution in [2.45, 2.75) is 51.7 Å². The van der Waals surface area contributed by atoms with Crippen molar-refractivity contribution >= 4 is 0 Å². The van der Waals surface area contributed by atoms with Gasteiger partial charge in [0.15, 0.2) is 11.5 Å². The van der Waals surface area contributed by atoms with Crippen molar-refractivity contribution in [2.24, 2.45) is 11.7 Å². The topological polar surface area (TPSA) is 64.7 Å². The average Bonchev–Trinajstić information content (AvgIpc) is 2.98. The molecule has 1 fully saturated rings. The van der Waals surface area contributed by atoms with Crippen LogP contribution in [0.3, 0.4) is 0 Å². The molecule has 0 bridgehead atoms. The number of benzene rings is 1. The van der Waals surface area contributed by atoms with Gasteiger partial charge in [-0.3, -0.25) is 0 Å². The lowest BCUT2D eigenvalue weighted by Crippen LogP contribution is -2.21. The zero-order chi connectivity index (χ0) is 15.1. The molecule has 3 N–H and O–H groups in total. The molecular formula is C17H27NO3. The minimum absolute atomic E-state index is 0.299. The van der Waals surface area contributed by atoms with Crippen LogP contribution in [0.25, 0.3) is 0 Å². The number of aliphatic hydroxyl groups is 1. The Labute approximate surface area is 127 Å². The van der Waals surface area contributed by atoms with Crippen molar-refractivity contribution in [1.29, 1.82) is 0 Å². The van der Waals surface area contributed by atoms with E-state index in [1.807, 2.05) is 25.1 Å². The summed E-state index contributed by atoms with van der Waals surface area (Å²) in [6.45, 7) is 3.21. The van der Waals surface area contributed by atoms with Crippen LogP contribution in [0, 0.1) is 5.92 Å². The molecular weight excluding hydrogens is 266 g/mol. The van der Waals surface area contributed by atoms with Crippen LogP contribution in [-0.4, -0.2) is 24.4 Å². The van der Waals surface area contributed by atoms with Crippen molar-refractivity contribution < 1.29 is 14.6 Å². The smallest absolute Gasteiger partial charge is 0.165 e. The van der Waals surface area contributed by atoms with Gasteiger partial charge in [0.05, 0.1) is 12.7 Å². The summed E-state index contributed by atoms with van der Waals surface area (Å²) in [5, 5.41) is 10.2. The molecule has 0 aromatic heterocycles. The number of aliphatic hydroxyl groups excluding tert-OH is 1. The lowest BCUT2D eigenvalue weighted by Gasteiger charge is -2.19. The van der Waals surface area contributed by atoms with Crippen LogP contribution in [0.1, 0.15) is 44.6 Å². The minimum Gasteiger partial charge on any atom is -0.490 e. The SMILES string of the molecule is CCOc1cccc(CN)c1OCC(O)CC1CCCC1. The van der Waals surface area contributed by atoms with E-state index in [-0.39, 0.29) is 0 Å². The van der Waals surface area contributed by atoms with Gasteiger partial charge in [-0.15, -0.1) is 0 Å². The lowest BCUT2D eigenvalue weighted by atomic mass is 10.0. The normalized spacial score (nSPS) is 16.9. The fraction of sp³-hybridized carbons (Fsp3) is 0.647. The molecule has 118 valence electrons. The monoisotopic (exact) mass is 293 g/mol. The molecule has 1 atom stereocenters. The van der Waals surface area contributed by atoms with E-state index < -0.39 is 6.10 Å². The standard InChI is InChI=1S/C17H27NO3/c1-2-20-16-9-5-8-14(11-18)17(16)21-12-15(19)10-13-6-3-4-7-13/h5,8-9,13,15,19H,2-4,6-7,10-12,18H2,1H3. The molecule has 1 aliphatic carbocycles. The van der Waals surface area contributed by atoms with Gasteiger partial charge in [0.1, 0.15) is 6.61 Å². The van der Waals surface area contributed by atoms with Gasteiger partial charge < -0.3 is 20.3 Å². The lowest BCUT2D eigenvalue weighted by molar-refractivity contribution is 0.0834. The fourth-order valence-electron chi connectivity index (χ4n) is 3.03. The van der Waals surface area contributed by atoms with Gasteiger partial charge in [0.2, 0.25) is 0 Å². The largest absolute Gasteiger partial charge is 0.490 e. The number of nitrogens with two attached hydrogens (primary N) is 1. The van der Waals surface area contributed by atoms with Gasteiger partial charge >= 0.3 is 0 Å². The van der Waals surface area contributed by atoms with Gasteiger partial charge in [-0.25, -0.2) is 0 Å². The van der Waals surface area contributed by atoms with E-state index >= 15 is 0 Å². The third-order valence-electron chi connectivity index (χ3n) is 4.08. The molecule has 0 radical (unpaired) electrons. The van der Waals surface area contributed by atoms with E-state index in [4.69, 9.17) is 15.2 Å². The molecule has 4 heteroatoms. The first-order chi connectivity index (χ1) is 10.2. The van der Waals surface area contributed by atoms with E-state index in [1.165, 1.54) is 25.7 Å². The molecule has 0 saturated heterocycles. The Hall–Kier alpha value is -1.26. The number of hydrogen-bond donors (Lipinski definition) is 2. The van der Waals surface area contributed by atoms with Gasteiger partial charge in [0, 0.05) is 12.1 Å². The summed E-state index contributed by atoms with van der Waals surface area (Å²) >= 11 is 0. The summed E-state index contributed by atoms with van der Waals surface area (Å²) in [6.07, 6.45) is 5.47. The molecule has 0 heterocycles. The molecule has 0 amide bonds. The Bertz CT molecular complexity index is 430. The number of para-hydroxylation sites is 1. The maximum absolute atomic E-state index is 10.2. The molecule has 1 aromatic rings. The first-order valence-corrected chi connectivity index (χ1v) is 8.00. The molecule has 1 aromatic carbocycles. The van der Waals surface area contributed by atoms with Crippen molar-refractivity contribution in [3.8, 4) is 11.5 Å². The number of rotatable bonds is 8. The number of hydrogen-bond acceptors (Lipinski definition) is 4. The Balaban J connectivity index is 1.94. The zero-order valence-corrected chi connectivity index (χ0v) is 12.9. The highest BCUT2D eigenvalue weighted by Gasteiger charge is 2.20. The van der Waals surface area contributed by atoms with Crippen LogP contribution in [0.4, 0.5) is 0 Å². The van der Waals surface area contributed by atoms with Crippen LogP contribution in [0.5, 0.6) is 11.5 Å². The molecule has 0 spiro atoms. The highest BCUT2D eigenvalue weighted by Crippen LogP contribution is 2.32. The van der Waals surface area contributed by atoms with Crippen molar-refractivity contribution in [3.05, 3.63) is 23.8 Å². The molecule has 4 nitrogen and oxygen atoms in total. The second kappa shape index (κ2) is 8.25. The fourth-order valence-corrected chi connectivity index (χ4v) is 3.03. The quantitative estimate of drug-likeness (QED) is 0.773. The van der Waals surface area contributed by atoms with Crippen LogP contribution in [-0.2, 0) is 6.54 Å². The number of ether oxygens (including phenoxy) is 2. The summed E-state index contributed by atoms with van der Waals surface area (Å²) in [6, 6.07) is 5.72. The molecule has 1 saturated carbocycles. The van der Waals surface area contributed by atoms with Crippen LogP contribution in [0.15, 0.2) is 18.2 Å². The zero-order valence-electron chi connectivity index (χ0n) is 12.9.